The number of nitrogens with zero attached hydrogens (tertiary/aromatic N) is 2. The molecule has 188 valence electrons. The fourth-order valence-corrected chi connectivity index (χ4v) is 5.63. The fourth-order valence-electron chi connectivity index (χ4n) is 5.63. The Labute approximate surface area is 208 Å². The van der Waals surface area contributed by atoms with Crippen molar-refractivity contribution in [2.75, 3.05) is 36.4 Å². The molecule has 2 amide bonds. The highest BCUT2D eigenvalue weighted by molar-refractivity contribution is 5.92. The van der Waals surface area contributed by atoms with Gasteiger partial charge in [0.25, 0.3) is 0 Å². The Kier molecular flexibility index (Phi) is 8.42. The molecule has 2 heterocycles. The number of hydrogen-bond acceptors (Lipinski definition) is 3. The number of rotatable bonds is 8. The van der Waals surface area contributed by atoms with Crippen LogP contribution in [0.1, 0.15) is 63.9 Å². The van der Waals surface area contributed by atoms with Crippen LogP contribution in [0.3, 0.4) is 0 Å². The number of carbonyl (C=O) groups excluding carboxylic acids is 2. The molecule has 2 aliphatic heterocycles. The first-order valence-corrected chi connectivity index (χ1v) is 13.2. The second-order valence-corrected chi connectivity index (χ2v) is 9.91. The zero-order chi connectivity index (χ0) is 24.8. The highest BCUT2D eigenvalue weighted by Gasteiger charge is 2.36. The smallest absolute Gasteiger partial charge is 0.230 e. The summed E-state index contributed by atoms with van der Waals surface area (Å²) in [5.74, 6) is -0.0861. The maximum atomic E-state index is 15.0. The lowest BCUT2D eigenvalue weighted by molar-refractivity contribution is -0.133. The number of benzene rings is 2. The molecule has 2 saturated heterocycles. The lowest BCUT2D eigenvalue weighted by atomic mass is 9.79. The molecule has 2 fully saturated rings. The van der Waals surface area contributed by atoms with Crippen LogP contribution in [-0.2, 0) is 9.59 Å². The van der Waals surface area contributed by atoms with Crippen LogP contribution in [0.25, 0.3) is 0 Å². The minimum absolute atomic E-state index is 0.0578. The van der Waals surface area contributed by atoms with Crippen molar-refractivity contribution in [1.82, 2.24) is 4.90 Å². The van der Waals surface area contributed by atoms with Gasteiger partial charge < -0.3 is 15.1 Å². The molecule has 1 unspecified atom stereocenters. The van der Waals surface area contributed by atoms with E-state index in [0.29, 0.717) is 24.5 Å². The average Bonchev–Trinajstić information content (AvgIpc) is 3.42. The molecule has 4 rings (SSSR count). The fraction of sp³-hybridized carbons (Fsp3) is 0.517. The van der Waals surface area contributed by atoms with Gasteiger partial charge in [-0.05, 0) is 68.2 Å². The first kappa shape index (κ1) is 25.2. The molecule has 2 aromatic carbocycles. The van der Waals surface area contributed by atoms with E-state index in [4.69, 9.17) is 0 Å². The predicted molar refractivity (Wildman–Crippen MR) is 139 cm³/mol. The lowest BCUT2D eigenvalue weighted by Gasteiger charge is -2.38. The summed E-state index contributed by atoms with van der Waals surface area (Å²) in [6.07, 6.45) is 5.37. The van der Waals surface area contributed by atoms with Crippen LogP contribution in [0.4, 0.5) is 15.8 Å². The first-order chi connectivity index (χ1) is 17.0. The Morgan fingerprint density at radius 3 is 2.23 bits per heavy atom. The summed E-state index contributed by atoms with van der Waals surface area (Å²) in [6.45, 7) is 7.10. The molecule has 6 heteroatoms. The Balaban J connectivity index is 1.43. The zero-order valence-electron chi connectivity index (χ0n) is 21.0. The van der Waals surface area contributed by atoms with Crippen LogP contribution < -0.4 is 10.2 Å². The maximum Gasteiger partial charge on any atom is 0.230 e. The van der Waals surface area contributed by atoms with E-state index < -0.39 is 0 Å². The molecule has 1 N–H and O–H groups in total. The highest BCUT2D eigenvalue weighted by Crippen LogP contribution is 2.37. The Hall–Kier alpha value is -2.89. The molecule has 2 aliphatic rings. The summed E-state index contributed by atoms with van der Waals surface area (Å²) in [5.41, 5.74) is 2.15. The van der Waals surface area contributed by atoms with Gasteiger partial charge in [0.2, 0.25) is 11.8 Å². The number of likely N-dealkylation sites (tertiary alicyclic amines) is 1. The van der Waals surface area contributed by atoms with Gasteiger partial charge in [-0.2, -0.15) is 0 Å². The maximum absolute atomic E-state index is 15.0. The van der Waals surface area contributed by atoms with Gasteiger partial charge in [-0.25, -0.2) is 4.39 Å². The molecule has 0 aliphatic carbocycles. The third-order valence-corrected chi connectivity index (χ3v) is 7.77. The Morgan fingerprint density at radius 2 is 1.63 bits per heavy atom. The van der Waals surface area contributed by atoms with Crippen LogP contribution in [-0.4, -0.2) is 42.9 Å². The molecule has 0 saturated carbocycles. The average molecular weight is 480 g/mol. The van der Waals surface area contributed by atoms with Crippen molar-refractivity contribution in [3.8, 4) is 0 Å². The summed E-state index contributed by atoms with van der Waals surface area (Å²) in [7, 11) is 0. The van der Waals surface area contributed by atoms with Crippen LogP contribution >= 0.6 is 0 Å². The SMILES string of the molecule is CCC(CC)C(=O)Nc1ccc(N2CCC(C(C(=O)N3CCCC3)c3ccccc3)CC2)c(F)c1. The topological polar surface area (TPSA) is 52.7 Å². The lowest BCUT2D eigenvalue weighted by Crippen LogP contribution is -2.41. The van der Waals surface area contributed by atoms with E-state index in [1.54, 1.807) is 12.1 Å². The van der Waals surface area contributed by atoms with Crippen molar-refractivity contribution in [3.05, 3.63) is 59.9 Å². The van der Waals surface area contributed by atoms with Crippen LogP contribution in [0.5, 0.6) is 0 Å². The van der Waals surface area contributed by atoms with Crippen molar-refractivity contribution < 1.29 is 14.0 Å². The van der Waals surface area contributed by atoms with Crippen molar-refractivity contribution in [2.24, 2.45) is 11.8 Å². The third-order valence-electron chi connectivity index (χ3n) is 7.77. The molecular weight excluding hydrogens is 441 g/mol. The van der Waals surface area contributed by atoms with Crippen molar-refractivity contribution >= 4 is 23.2 Å². The summed E-state index contributed by atoms with van der Waals surface area (Å²) >= 11 is 0. The number of nitrogens with one attached hydrogen (secondary N) is 1. The van der Waals surface area contributed by atoms with Crippen LogP contribution in [0, 0.1) is 17.7 Å². The van der Waals surface area contributed by atoms with Crippen molar-refractivity contribution in [1.29, 1.82) is 0 Å². The number of amides is 2. The molecule has 1 atom stereocenters. The summed E-state index contributed by atoms with van der Waals surface area (Å²) in [5, 5.41) is 2.85. The van der Waals surface area contributed by atoms with Crippen molar-refractivity contribution in [3.63, 3.8) is 0 Å². The largest absolute Gasteiger partial charge is 0.369 e. The minimum Gasteiger partial charge on any atom is -0.369 e. The van der Waals surface area contributed by atoms with E-state index in [0.717, 1.165) is 57.2 Å². The van der Waals surface area contributed by atoms with E-state index in [1.165, 1.54) is 6.07 Å². The zero-order valence-corrected chi connectivity index (χ0v) is 21.0. The van der Waals surface area contributed by atoms with Gasteiger partial charge in [-0.3, -0.25) is 9.59 Å². The standard InChI is InChI=1S/C29H38FN3O2/c1-3-21(4-2)28(34)31-24-12-13-26(25(30)20-24)32-18-14-23(15-19-32)27(22-10-6-5-7-11-22)29(35)33-16-8-9-17-33/h5-7,10-13,20-21,23,27H,3-4,8-9,14-19H2,1-2H3,(H,31,34). The minimum atomic E-state index is -0.321. The number of hydrogen-bond donors (Lipinski definition) is 1. The Bertz CT molecular complexity index is 994. The monoisotopic (exact) mass is 479 g/mol. The van der Waals surface area contributed by atoms with E-state index in [9.17, 15) is 9.59 Å². The number of piperidine rings is 1. The van der Waals surface area contributed by atoms with E-state index in [2.05, 4.69) is 22.3 Å². The second-order valence-electron chi connectivity index (χ2n) is 9.91. The summed E-state index contributed by atoms with van der Waals surface area (Å²) < 4.78 is 15.0. The van der Waals surface area contributed by atoms with Gasteiger partial charge in [0.15, 0.2) is 0 Å². The molecule has 0 bridgehead atoms. The quantitative estimate of drug-likeness (QED) is 0.519. The number of halogens is 1. The molecule has 0 radical (unpaired) electrons. The van der Waals surface area contributed by atoms with Crippen LogP contribution in [0.15, 0.2) is 48.5 Å². The van der Waals surface area contributed by atoms with Gasteiger partial charge in [0.05, 0.1) is 11.6 Å². The van der Waals surface area contributed by atoms with Gasteiger partial charge >= 0.3 is 0 Å². The molecule has 35 heavy (non-hydrogen) atoms. The molecule has 2 aromatic rings. The van der Waals surface area contributed by atoms with Gasteiger partial charge in [0, 0.05) is 37.8 Å². The van der Waals surface area contributed by atoms with Gasteiger partial charge in [0.1, 0.15) is 5.82 Å². The molecule has 0 aromatic heterocycles. The predicted octanol–water partition coefficient (Wildman–Crippen LogP) is 5.82. The van der Waals surface area contributed by atoms with E-state index in [-0.39, 0.29) is 35.4 Å². The Morgan fingerprint density at radius 1 is 0.971 bits per heavy atom. The van der Waals surface area contributed by atoms with E-state index in [1.807, 2.05) is 36.9 Å². The third kappa shape index (κ3) is 5.85. The van der Waals surface area contributed by atoms with E-state index >= 15 is 4.39 Å². The highest BCUT2D eigenvalue weighted by atomic mass is 19.1. The number of anilines is 2. The number of carbonyl (C=O) groups is 2. The van der Waals surface area contributed by atoms with Crippen LogP contribution in [0.2, 0.25) is 0 Å². The second kappa shape index (κ2) is 11.7. The first-order valence-electron chi connectivity index (χ1n) is 13.2. The van der Waals surface area contributed by atoms with Crippen molar-refractivity contribution in [2.45, 2.75) is 58.3 Å². The summed E-state index contributed by atoms with van der Waals surface area (Å²) in [6, 6.07) is 15.1. The molecular formula is C29H38FN3O2. The van der Waals surface area contributed by atoms with Gasteiger partial charge in [-0.1, -0.05) is 44.2 Å². The van der Waals surface area contributed by atoms with Gasteiger partial charge in [-0.15, -0.1) is 0 Å². The molecule has 0 spiro atoms. The normalized spacial score (nSPS) is 17.6. The molecule has 5 nitrogen and oxygen atoms in total. The summed E-state index contributed by atoms with van der Waals surface area (Å²) in [4.78, 5) is 29.9.